The molecule has 0 aliphatic rings. The zero-order valence-electron chi connectivity index (χ0n) is 11.1. The third-order valence-electron chi connectivity index (χ3n) is 3.20. The Kier molecular flexibility index (Phi) is 5.29. The number of benzene rings is 1. The number of nitrogens with two attached hydrogens (primary N) is 1. The van der Waals surface area contributed by atoms with Crippen LogP contribution in [0.3, 0.4) is 0 Å². The predicted octanol–water partition coefficient (Wildman–Crippen LogP) is 2.52. The molecule has 1 atom stereocenters. The van der Waals surface area contributed by atoms with Gasteiger partial charge in [-0.1, -0.05) is 13.0 Å². The molecule has 3 nitrogen and oxygen atoms in total. The van der Waals surface area contributed by atoms with Crippen molar-refractivity contribution in [1.29, 1.82) is 0 Å². The van der Waals surface area contributed by atoms with Crippen molar-refractivity contribution in [2.45, 2.75) is 39.7 Å². The minimum atomic E-state index is 0.125. The number of rotatable bonds is 6. The summed E-state index contributed by atoms with van der Waals surface area (Å²) in [5.74, 6) is 0.360. The minimum Gasteiger partial charge on any atom is -0.508 e. The highest BCUT2D eigenvalue weighted by Gasteiger charge is 2.09. The van der Waals surface area contributed by atoms with Crippen LogP contribution in [-0.2, 0) is 6.42 Å². The Hall–Kier alpha value is -1.22. The Balaban J connectivity index is 2.85. The fourth-order valence-corrected chi connectivity index (χ4v) is 1.94. The highest BCUT2D eigenvalue weighted by atomic mass is 16.3. The summed E-state index contributed by atoms with van der Waals surface area (Å²) in [4.78, 5) is 2.21. The monoisotopic (exact) mass is 236 g/mol. The van der Waals surface area contributed by atoms with Crippen molar-refractivity contribution in [3.05, 3.63) is 23.8 Å². The molecule has 1 unspecified atom stereocenters. The summed E-state index contributed by atoms with van der Waals surface area (Å²) >= 11 is 0. The van der Waals surface area contributed by atoms with Crippen LogP contribution in [0.2, 0.25) is 0 Å². The minimum absolute atomic E-state index is 0.125. The molecule has 0 bridgehead atoms. The van der Waals surface area contributed by atoms with E-state index in [2.05, 4.69) is 31.7 Å². The first kappa shape index (κ1) is 13.8. The third-order valence-corrected chi connectivity index (χ3v) is 3.20. The molecule has 96 valence electrons. The van der Waals surface area contributed by atoms with Crippen molar-refractivity contribution in [3.63, 3.8) is 0 Å². The number of nitrogens with zero attached hydrogens (tertiary/aromatic N) is 1. The van der Waals surface area contributed by atoms with Crippen LogP contribution < -0.4 is 10.6 Å². The first-order valence-electron chi connectivity index (χ1n) is 6.44. The maximum Gasteiger partial charge on any atom is 0.120 e. The van der Waals surface area contributed by atoms with E-state index in [-0.39, 0.29) is 6.04 Å². The molecule has 3 N–H and O–H groups in total. The second-order valence-electron chi connectivity index (χ2n) is 4.36. The predicted molar refractivity (Wildman–Crippen MR) is 73.6 cm³/mol. The SMILES string of the molecule is CCC(N)Cc1ccc(N(CC)CC)cc1O. The van der Waals surface area contributed by atoms with Gasteiger partial charge in [0, 0.05) is 30.9 Å². The van der Waals surface area contributed by atoms with Gasteiger partial charge in [0.25, 0.3) is 0 Å². The normalized spacial score (nSPS) is 12.5. The topological polar surface area (TPSA) is 49.5 Å². The van der Waals surface area contributed by atoms with Crippen LogP contribution in [0.15, 0.2) is 18.2 Å². The lowest BCUT2D eigenvalue weighted by molar-refractivity contribution is 0.464. The van der Waals surface area contributed by atoms with E-state index in [0.29, 0.717) is 5.75 Å². The van der Waals surface area contributed by atoms with Gasteiger partial charge >= 0.3 is 0 Å². The molecule has 0 amide bonds. The molecule has 0 aromatic heterocycles. The van der Waals surface area contributed by atoms with Gasteiger partial charge in [-0.2, -0.15) is 0 Å². The van der Waals surface area contributed by atoms with E-state index in [1.54, 1.807) is 0 Å². The van der Waals surface area contributed by atoms with Crippen LogP contribution in [0.1, 0.15) is 32.8 Å². The van der Waals surface area contributed by atoms with E-state index in [1.807, 2.05) is 12.1 Å². The molecule has 1 aromatic carbocycles. The van der Waals surface area contributed by atoms with Crippen molar-refractivity contribution >= 4 is 5.69 Å². The smallest absolute Gasteiger partial charge is 0.120 e. The summed E-state index contributed by atoms with van der Waals surface area (Å²) in [6.45, 7) is 8.18. The summed E-state index contributed by atoms with van der Waals surface area (Å²) in [5, 5.41) is 9.99. The van der Waals surface area contributed by atoms with Crippen LogP contribution in [0.5, 0.6) is 5.75 Å². The Morgan fingerprint density at radius 2 is 1.88 bits per heavy atom. The lowest BCUT2D eigenvalue weighted by Gasteiger charge is -2.22. The van der Waals surface area contributed by atoms with Gasteiger partial charge in [-0.05, 0) is 38.3 Å². The summed E-state index contributed by atoms with van der Waals surface area (Å²) in [6, 6.07) is 6.01. The van der Waals surface area contributed by atoms with Gasteiger partial charge in [-0.3, -0.25) is 0 Å². The standard InChI is InChI=1S/C14H24N2O/c1-4-12(15)9-11-7-8-13(10-14(11)17)16(5-2)6-3/h7-8,10,12,17H,4-6,9,15H2,1-3H3. The van der Waals surface area contributed by atoms with Gasteiger partial charge in [0.05, 0.1) is 0 Å². The van der Waals surface area contributed by atoms with Gasteiger partial charge in [-0.15, -0.1) is 0 Å². The first-order chi connectivity index (χ1) is 8.12. The number of hydrogen-bond acceptors (Lipinski definition) is 3. The number of phenols is 1. The van der Waals surface area contributed by atoms with Gasteiger partial charge in [0.1, 0.15) is 5.75 Å². The molecule has 0 aliphatic carbocycles. The lowest BCUT2D eigenvalue weighted by atomic mass is 10.0. The zero-order chi connectivity index (χ0) is 12.8. The van der Waals surface area contributed by atoms with E-state index >= 15 is 0 Å². The molecule has 17 heavy (non-hydrogen) atoms. The molecular weight excluding hydrogens is 212 g/mol. The molecule has 0 heterocycles. The van der Waals surface area contributed by atoms with Crippen LogP contribution in [-0.4, -0.2) is 24.2 Å². The Bertz CT molecular complexity index is 348. The molecule has 0 saturated carbocycles. The summed E-state index contributed by atoms with van der Waals surface area (Å²) in [5.41, 5.74) is 7.91. The fraction of sp³-hybridized carbons (Fsp3) is 0.571. The zero-order valence-corrected chi connectivity index (χ0v) is 11.1. The maximum absolute atomic E-state index is 9.99. The van der Waals surface area contributed by atoms with E-state index in [0.717, 1.165) is 37.2 Å². The molecule has 0 saturated heterocycles. The van der Waals surface area contributed by atoms with E-state index < -0.39 is 0 Å². The molecule has 0 radical (unpaired) electrons. The Labute approximate surface area is 104 Å². The molecule has 0 spiro atoms. The van der Waals surface area contributed by atoms with Gasteiger partial charge in [-0.25, -0.2) is 0 Å². The fourth-order valence-electron chi connectivity index (χ4n) is 1.94. The molecule has 0 aliphatic heterocycles. The van der Waals surface area contributed by atoms with E-state index in [4.69, 9.17) is 5.73 Å². The van der Waals surface area contributed by atoms with Crippen LogP contribution in [0.25, 0.3) is 0 Å². The van der Waals surface area contributed by atoms with Crippen molar-refractivity contribution in [2.75, 3.05) is 18.0 Å². The molecule has 1 aromatic rings. The summed E-state index contributed by atoms with van der Waals surface area (Å²) in [7, 11) is 0. The largest absolute Gasteiger partial charge is 0.508 e. The number of aromatic hydroxyl groups is 1. The van der Waals surface area contributed by atoms with Gasteiger partial charge in [0.2, 0.25) is 0 Å². The van der Waals surface area contributed by atoms with Crippen molar-refractivity contribution in [1.82, 2.24) is 0 Å². The average molecular weight is 236 g/mol. The second kappa shape index (κ2) is 6.50. The van der Waals surface area contributed by atoms with Gasteiger partial charge < -0.3 is 15.7 Å². The quantitative estimate of drug-likeness (QED) is 0.798. The average Bonchev–Trinajstić information content (AvgIpc) is 2.33. The highest BCUT2D eigenvalue weighted by Crippen LogP contribution is 2.25. The first-order valence-corrected chi connectivity index (χ1v) is 6.44. The summed E-state index contributed by atoms with van der Waals surface area (Å²) in [6.07, 6.45) is 1.66. The van der Waals surface area contributed by atoms with Gasteiger partial charge in [0.15, 0.2) is 0 Å². The maximum atomic E-state index is 9.99. The van der Waals surface area contributed by atoms with Crippen LogP contribution in [0.4, 0.5) is 5.69 Å². The van der Waals surface area contributed by atoms with Crippen molar-refractivity contribution in [3.8, 4) is 5.75 Å². The molecule has 3 heteroatoms. The highest BCUT2D eigenvalue weighted by molar-refractivity contribution is 5.53. The van der Waals surface area contributed by atoms with Crippen LogP contribution >= 0.6 is 0 Å². The summed E-state index contributed by atoms with van der Waals surface area (Å²) < 4.78 is 0. The lowest BCUT2D eigenvalue weighted by Crippen LogP contribution is -2.23. The number of phenolic OH excluding ortho intramolecular Hbond substituents is 1. The number of anilines is 1. The molecule has 0 fully saturated rings. The second-order valence-corrected chi connectivity index (χ2v) is 4.36. The number of hydrogen-bond donors (Lipinski definition) is 2. The van der Waals surface area contributed by atoms with Crippen LogP contribution in [0, 0.1) is 0 Å². The van der Waals surface area contributed by atoms with Crippen molar-refractivity contribution < 1.29 is 5.11 Å². The Morgan fingerprint density at radius 1 is 1.24 bits per heavy atom. The third kappa shape index (κ3) is 3.63. The Morgan fingerprint density at radius 3 is 2.35 bits per heavy atom. The van der Waals surface area contributed by atoms with Crippen molar-refractivity contribution in [2.24, 2.45) is 5.73 Å². The van der Waals surface area contributed by atoms with E-state index in [1.165, 1.54) is 0 Å². The molecule has 1 rings (SSSR count). The molecular formula is C14H24N2O. The van der Waals surface area contributed by atoms with E-state index in [9.17, 15) is 5.11 Å².